The molecule has 3 aromatic carbocycles. The zero-order chi connectivity index (χ0) is 28.8. The summed E-state index contributed by atoms with van der Waals surface area (Å²) in [5.41, 5.74) is 13.1. The molecule has 7 heteroatoms. The Morgan fingerprint density at radius 3 is 2.42 bits per heavy atom. The fraction of sp³-hybridized carbons (Fsp3) is 0.273. The number of ketones is 1. The van der Waals surface area contributed by atoms with Crippen molar-refractivity contribution in [2.75, 3.05) is 4.90 Å². The van der Waals surface area contributed by atoms with Crippen LogP contribution >= 0.6 is 27.5 Å². The van der Waals surface area contributed by atoms with E-state index in [1.165, 1.54) is 0 Å². The maximum atomic E-state index is 13.9. The number of aryl methyl sites for hydroxylation is 1. The number of halogens is 2. The number of hydrogen-bond acceptors (Lipinski definition) is 5. The molecule has 0 spiro atoms. The number of carbonyl (C=O) groups excluding carboxylic acids is 1. The molecular formula is C33H31BrClN3O2. The van der Waals surface area contributed by atoms with E-state index in [0.717, 1.165) is 43.9 Å². The second-order valence-corrected chi connectivity index (χ2v) is 12.7. The van der Waals surface area contributed by atoms with Gasteiger partial charge in [-0.15, -0.1) is 0 Å². The Morgan fingerprint density at radius 2 is 1.77 bits per heavy atom. The minimum Gasteiger partial charge on any atom is -0.489 e. The van der Waals surface area contributed by atoms with Gasteiger partial charge in [0.1, 0.15) is 18.2 Å². The highest BCUT2D eigenvalue weighted by molar-refractivity contribution is 9.10. The standard InChI is InChI=1S/C33H31BrClN3O2/c1-19-13-21(18-40-25-11-5-22(34)6-12-25)20(2)26(14-19)30-27(17-36)32(37)38(24-9-7-23(35)8-10-24)28-15-33(3,4)16-29(39)31(28)30/h5-14,30H,15-16,18,37H2,1-4H3. The van der Waals surface area contributed by atoms with Crippen LogP contribution in [0.25, 0.3) is 0 Å². The number of benzene rings is 3. The van der Waals surface area contributed by atoms with Gasteiger partial charge in [-0.2, -0.15) is 5.26 Å². The minimum atomic E-state index is -0.557. The van der Waals surface area contributed by atoms with E-state index in [4.69, 9.17) is 22.1 Å². The Balaban J connectivity index is 1.66. The number of nitrogens with zero attached hydrogens (tertiary/aromatic N) is 2. The van der Waals surface area contributed by atoms with Gasteiger partial charge in [-0.05, 0) is 90.9 Å². The molecule has 40 heavy (non-hydrogen) atoms. The molecule has 1 atom stereocenters. The molecule has 3 aromatic rings. The number of allylic oxidation sites excluding steroid dienone is 3. The van der Waals surface area contributed by atoms with Crippen LogP contribution in [0.15, 0.2) is 87.8 Å². The zero-order valence-corrected chi connectivity index (χ0v) is 25.4. The van der Waals surface area contributed by atoms with Crippen LogP contribution in [-0.4, -0.2) is 5.78 Å². The molecule has 1 unspecified atom stereocenters. The van der Waals surface area contributed by atoms with Gasteiger partial charge in [0, 0.05) is 32.9 Å². The highest BCUT2D eigenvalue weighted by atomic mass is 79.9. The molecule has 1 aliphatic heterocycles. The zero-order valence-electron chi connectivity index (χ0n) is 23.0. The van der Waals surface area contributed by atoms with Gasteiger partial charge in [0.25, 0.3) is 0 Å². The van der Waals surface area contributed by atoms with Gasteiger partial charge in [-0.1, -0.05) is 59.1 Å². The van der Waals surface area contributed by atoms with Crippen molar-refractivity contribution in [3.63, 3.8) is 0 Å². The van der Waals surface area contributed by atoms with E-state index in [9.17, 15) is 10.1 Å². The molecule has 5 rings (SSSR count). The highest BCUT2D eigenvalue weighted by Gasteiger charge is 2.45. The van der Waals surface area contributed by atoms with E-state index in [0.29, 0.717) is 41.4 Å². The SMILES string of the molecule is Cc1cc(COc2ccc(Br)cc2)c(C)c(C2C(C#N)=C(N)N(c3ccc(Cl)cc3)C3=C2C(=O)CC(C)(C)C3)c1. The molecule has 0 fully saturated rings. The molecular weight excluding hydrogens is 586 g/mol. The molecule has 2 N–H and O–H groups in total. The number of nitriles is 1. The van der Waals surface area contributed by atoms with E-state index in [2.05, 4.69) is 48.0 Å². The van der Waals surface area contributed by atoms with Gasteiger partial charge in [0.05, 0.1) is 17.6 Å². The number of anilines is 1. The van der Waals surface area contributed by atoms with Crippen LogP contribution in [0, 0.1) is 30.6 Å². The molecule has 0 aromatic heterocycles. The Labute approximate surface area is 249 Å². The van der Waals surface area contributed by atoms with Crippen molar-refractivity contribution in [1.82, 2.24) is 0 Å². The Hall–Kier alpha value is -3.53. The van der Waals surface area contributed by atoms with Gasteiger partial charge >= 0.3 is 0 Å². The molecule has 204 valence electrons. The topological polar surface area (TPSA) is 79.3 Å². The summed E-state index contributed by atoms with van der Waals surface area (Å²) in [4.78, 5) is 15.8. The van der Waals surface area contributed by atoms with Crippen molar-refractivity contribution in [2.45, 2.75) is 53.1 Å². The lowest BCUT2D eigenvalue weighted by Crippen LogP contribution is -2.42. The number of ether oxygens (including phenoxy) is 1. The third-order valence-corrected chi connectivity index (χ3v) is 8.47. The average molecular weight is 617 g/mol. The van der Waals surface area contributed by atoms with Crippen LogP contribution in [-0.2, 0) is 11.4 Å². The van der Waals surface area contributed by atoms with Gasteiger partial charge in [-0.25, -0.2) is 0 Å². The molecule has 0 bridgehead atoms. The number of hydrogen-bond donors (Lipinski definition) is 1. The lowest BCUT2D eigenvalue weighted by atomic mass is 9.68. The third kappa shape index (κ3) is 5.29. The smallest absolute Gasteiger partial charge is 0.162 e. The third-order valence-electron chi connectivity index (χ3n) is 7.68. The van der Waals surface area contributed by atoms with Crippen molar-refractivity contribution in [3.8, 4) is 11.8 Å². The van der Waals surface area contributed by atoms with Crippen molar-refractivity contribution >= 4 is 39.0 Å². The summed E-state index contributed by atoms with van der Waals surface area (Å²) in [6, 6.07) is 21.6. The Morgan fingerprint density at radius 1 is 1.10 bits per heavy atom. The van der Waals surface area contributed by atoms with Crippen molar-refractivity contribution in [2.24, 2.45) is 11.1 Å². The van der Waals surface area contributed by atoms with E-state index < -0.39 is 5.92 Å². The summed E-state index contributed by atoms with van der Waals surface area (Å²) in [6.07, 6.45) is 1.05. The second kappa shape index (κ2) is 10.8. The van der Waals surface area contributed by atoms with Crippen molar-refractivity contribution in [3.05, 3.63) is 115 Å². The van der Waals surface area contributed by atoms with Crippen LogP contribution in [0.5, 0.6) is 5.75 Å². The van der Waals surface area contributed by atoms with E-state index in [1.54, 1.807) is 12.1 Å². The lowest BCUT2D eigenvalue weighted by molar-refractivity contribution is -0.118. The van der Waals surface area contributed by atoms with Crippen molar-refractivity contribution < 1.29 is 9.53 Å². The fourth-order valence-corrected chi connectivity index (χ4v) is 6.20. The monoisotopic (exact) mass is 615 g/mol. The van der Waals surface area contributed by atoms with Gasteiger partial charge in [0.15, 0.2) is 5.78 Å². The number of rotatable bonds is 5. The van der Waals surface area contributed by atoms with Crippen molar-refractivity contribution in [1.29, 1.82) is 5.26 Å². The van der Waals surface area contributed by atoms with Crippen LogP contribution < -0.4 is 15.4 Å². The molecule has 0 amide bonds. The molecule has 0 saturated carbocycles. The average Bonchev–Trinajstić information content (AvgIpc) is 2.89. The maximum Gasteiger partial charge on any atom is 0.162 e. The van der Waals surface area contributed by atoms with Crippen LogP contribution in [0.4, 0.5) is 5.69 Å². The second-order valence-electron chi connectivity index (χ2n) is 11.3. The van der Waals surface area contributed by atoms with E-state index in [1.807, 2.05) is 55.1 Å². The summed E-state index contributed by atoms with van der Waals surface area (Å²) in [5.74, 6) is 0.591. The van der Waals surface area contributed by atoms with E-state index in [-0.39, 0.29) is 11.2 Å². The first-order valence-electron chi connectivity index (χ1n) is 13.2. The Kier molecular flexibility index (Phi) is 7.56. The molecule has 1 heterocycles. The predicted molar refractivity (Wildman–Crippen MR) is 163 cm³/mol. The Bertz CT molecular complexity index is 1600. The maximum absolute atomic E-state index is 13.9. The van der Waals surface area contributed by atoms with Crippen LogP contribution in [0.2, 0.25) is 5.02 Å². The fourth-order valence-electron chi connectivity index (χ4n) is 5.81. The van der Waals surface area contributed by atoms with Crippen LogP contribution in [0.3, 0.4) is 0 Å². The molecule has 0 saturated heterocycles. The lowest BCUT2D eigenvalue weighted by Gasteiger charge is -2.44. The normalized spacial score (nSPS) is 18.5. The molecule has 0 radical (unpaired) electrons. The first-order valence-corrected chi connectivity index (χ1v) is 14.4. The molecule has 5 nitrogen and oxygen atoms in total. The molecule has 1 aliphatic carbocycles. The predicted octanol–water partition coefficient (Wildman–Crippen LogP) is 8.24. The van der Waals surface area contributed by atoms with Crippen LogP contribution in [0.1, 0.15) is 54.9 Å². The number of nitrogens with two attached hydrogens (primary N) is 1. The first-order chi connectivity index (χ1) is 19.0. The summed E-state index contributed by atoms with van der Waals surface area (Å²) in [6.45, 7) is 8.61. The molecule has 2 aliphatic rings. The summed E-state index contributed by atoms with van der Waals surface area (Å²) in [5, 5.41) is 11.1. The van der Waals surface area contributed by atoms with E-state index >= 15 is 0 Å². The first kappa shape index (κ1) is 28.0. The van der Waals surface area contributed by atoms with Gasteiger partial charge in [-0.3, -0.25) is 9.69 Å². The quantitative estimate of drug-likeness (QED) is 0.312. The number of Topliss-reactive ketones (excluding diaryl/α,β-unsaturated/α-hetero) is 1. The largest absolute Gasteiger partial charge is 0.489 e. The summed E-state index contributed by atoms with van der Waals surface area (Å²) >= 11 is 9.64. The number of carbonyl (C=O) groups is 1. The summed E-state index contributed by atoms with van der Waals surface area (Å²) < 4.78 is 7.10. The minimum absolute atomic E-state index is 0.0454. The highest BCUT2D eigenvalue weighted by Crippen LogP contribution is 2.51. The summed E-state index contributed by atoms with van der Waals surface area (Å²) in [7, 11) is 0. The van der Waals surface area contributed by atoms with Gasteiger partial charge < -0.3 is 10.5 Å². The van der Waals surface area contributed by atoms with Gasteiger partial charge in [0.2, 0.25) is 0 Å².